The van der Waals surface area contributed by atoms with Crippen LogP contribution < -0.4 is 5.32 Å². The molecule has 1 saturated heterocycles. The number of hydrogen-bond acceptors (Lipinski definition) is 2. The molecule has 2 atom stereocenters. The number of rotatable bonds is 4. The normalized spacial score (nSPS) is 22.1. The lowest BCUT2D eigenvalue weighted by Crippen LogP contribution is -2.46. The van der Waals surface area contributed by atoms with Crippen molar-refractivity contribution in [2.45, 2.75) is 38.8 Å². The summed E-state index contributed by atoms with van der Waals surface area (Å²) in [6.45, 7) is 7.83. The van der Waals surface area contributed by atoms with Gasteiger partial charge in [-0.2, -0.15) is 0 Å². The molecule has 3 heteroatoms. The fraction of sp³-hybridized carbons (Fsp3) is 0.600. The van der Waals surface area contributed by atoms with Gasteiger partial charge in [-0.15, -0.1) is 0 Å². The van der Waals surface area contributed by atoms with Crippen LogP contribution in [-0.2, 0) is 0 Å². The number of nitrogens with zero attached hydrogens (tertiary/aromatic N) is 1. The lowest BCUT2D eigenvalue weighted by molar-refractivity contribution is 0.128. The maximum absolute atomic E-state index is 6.32. The first-order chi connectivity index (χ1) is 8.74. The minimum absolute atomic E-state index is 0.383. The molecule has 0 bridgehead atoms. The van der Waals surface area contributed by atoms with Gasteiger partial charge in [-0.1, -0.05) is 36.7 Å². The summed E-state index contributed by atoms with van der Waals surface area (Å²) in [5, 5.41) is 4.38. The zero-order chi connectivity index (χ0) is 13.0. The van der Waals surface area contributed by atoms with Crippen LogP contribution in [0.25, 0.3) is 0 Å². The first-order valence-corrected chi connectivity index (χ1v) is 7.32. The van der Waals surface area contributed by atoms with Crippen molar-refractivity contribution in [2.24, 2.45) is 0 Å². The summed E-state index contributed by atoms with van der Waals surface area (Å²) in [6, 6.07) is 9.22. The molecule has 1 heterocycles. The Labute approximate surface area is 115 Å². The van der Waals surface area contributed by atoms with Crippen LogP contribution in [0, 0.1) is 0 Å². The van der Waals surface area contributed by atoms with Crippen LogP contribution in [-0.4, -0.2) is 30.6 Å². The van der Waals surface area contributed by atoms with Gasteiger partial charge in [0.25, 0.3) is 0 Å². The van der Waals surface area contributed by atoms with Crippen molar-refractivity contribution >= 4 is 11.6 Å². The molecular weight excluding hydrogens is 244 g/mol. The van der Waals surface area contributed by atoms with E-state index in [1.54, 1.807) is 0 Å². The predicted molar refractivity (Wildman–Crippen MR) is 78.1 cm³/mol. The molecule has 1 aromatic rings. The molecule has 100 valence electrons. The molecule has 2 unspecified atom stereocenters. The van der Waals surface area contributed by atoms with Crippen LogP contribution in [0.1, 0.15) is 38.3 Å². The van der Waals surface area contributed by atoms with Crippen molar-refractivity contribution in [1.29, 1.82) is 0 Å². The Hall–Kier alpha value is -0.570. The smallest absolute Gasteiger partial charge is 0.0453 e. The van der Waals surface area contributed by atoms with Gasteiger partial charge in [0.15, 0.2) is 0 Å². The zero-order valence-electron chi connectivity index (χ0n) is 11.3. The second kappa shape index (κ2) is 6.55. The van der Waals surface area contributed by atoms with E-state index in [1.165, 1.54) is 18.4 Å². The van der Waals surface area contributed by atoms with E-state index in [1.807, 2.05) is 12.1 Å². The molecule has 1 fully saturated rings. The number of piperidine rings is 1. The van der Waals surface area contributed by atoms with E-state index in [-0.39, 0.29) is 0 Å². The quantitative estimate of drug-likeness (QED) is 0.898. The fourth-order valence-corrected chi connectivity index (χ4v) is 3.25. The number of likely N-dealkylation sites (N-methyl/N-ethyl adjacent to an activating group) is 1. The first kappa shape index (κ1) is 13.9. The molecule has 0 spiro atoms. The fourth-order valence-electron chi connectivity index (χ4n) is 2.96. The van der Waals surface area contributed by atoms with Crippen LogP contribution in [0.5, 0.6) is 0 Å². The van der Waals surface area contributed by atoms with Crippen LogP contribution >= 0.6 is 11.6 Å². The Morgan fingerprint density at radius 3 is 2.83 bits per heavy atom. The summed E-state index contributed by atoms with van der Waals surface area (Å²) in [6.07, 6.45) is 2.56. The number of hydrogen-bond donors (Lipinski definition) is 1. The average Bonchev–Trinajstić information content (AvgIpc) is 2.41. The molecule has 1 N–H and O–H groups in total. The molecule has 0 radical (unpaired) electrons. The monoisotopic (exact) mass is 266 g/mol. The maximum Gasteiger partial charge on any atom is 0.0453 e. The van der Waals surface area contributed by atoms with Gasteiger partial charge in [-0.3, -0.25) is 4.90 Å². The Bertz CT molecular complexity index is 375. The van der Waals surface area contributed by atoms with Crippen molar-refractivity contribution in [3.8, 4) is 0 Å². The number of halogens is 1. The Morgan fingerprint density at radius 2 is 2.22 bits per heavy atom. The standard InChI is InChI=1S/C15H23ClN2/c1-3-18(13-7-6-10-17-11-13)12(2)14-8-4-5-9-15(14)16/h4-5,8-9,12-13,17H,3,6-7,10-11H2,1-2H3. The van der Waals surface area contributed by atoms with Crippen LogP contribution in [0.2, 0.25) is 5.02 Å². The minimum Gasteiger partial charge on any atom is -0.315 e. The number of benzene rings is 1. The summed E-state index contributed by atoms with van der Waals surface area (Å²) >= 11 is 6.32. The Kier molecular flexibility index (Phi) is 5.04. The first-order valence-electron chi connectivity index (χ1n) is 6.95. The molecule has 1 aliphatic heterocycles. The van der Waals surface area contributed by atoms with E-state index >= 15 is 0 Å². The summed E-state index contributed by atoms with van der Waals surface area (Å²) in [4.78, 5) is 2.56. The van der Waals surface area contributed by atoms with Crippen molar-refractivity contribution < 1.29 is 0 Å². The lowest BCUT2D eigenvalue weighted by atomic mass is 10.0. The molecule has 18 heavy (non-hydrogen) atoms. The van der Waals surface area contributed by atoms with Gasteiger partial charge in [0.05, 0.1) is 0 Å². The summed E-state index contributed by atoms with van der Waals surface area (Å²) in [5.74, 6) is 0. The molecule has 1 aliphatic rings. The van der Waals surface area contributed by atoms with Crippen LogP contribution in [0.15, 0.2) is 24.3 Å². The van der Waals surface area contributed by atoms with Crippen molar-refractivity contribution in [2.75, 3.05) is 19.6 Å². The molecule has 2 nitrogen and oxygen atoms in total. The molecule has 1 aromatic carbocycles. The lowest BCUT2D eigenvalue weighted by Gasteiger charge is -2.38. The maximum atomic E-state index is 6.32. The second-order valence-corrected chi connectivity index (χ2v) is 5.44. The zero-order valence-corrected chi connectivity index (χ0v) is 12.1. The summed E-state index contributed by atoms with van der Waals surface area (Å²) < 4.78 is 0. The average molecular weight is 267 g/mol. The van der Waals surface area contributed by atoms with Gasteiger partial charge in [0.2, 0.25) is 0 Å². The van der Waals surface area contributed by atoms with Gasteiger partial charge in [0.1, 0.15) is 0 Å². The minimum atomic E-state index is 0.383. The van der Waals surface area contributed by atoms with Crippen molar-refractivity contribution in [3.63, 3.8) is 0 Å². The third kappa shape index (κ3) is 3.05. The summed E-state index contributed by atoms with van der Waals surface area (Å²) in [7, 11) is 0. The topological polar surface area (TPSA) is 15.3 Å². The molecule has 0 aromatic heterocycles. The largest absolute Gasteiger partial charge is 0.315 e. The summed E-state index contributed by atoms with van der Waals surface area (Å²) in [5.41, 5.74) is 1.24. The molecule has 0 saturated carbocycles. The molecular formula is C15H23ClN2. The Morgan fingerprint density at radius 1 is 1.44 bits per heavy atom. The van der Waals surface area contributed by atoms with Gasteiger partial charge < -0.3 is 5.32 Å². The molecule has 0 amide bonds. The van der Waals surface area contributed by atoms with Gasteiger partial charge in [-0.05, 0) is 44.5 Å². The van der Waals surface area contributed by atoms with Gasteiger partial charge in [-0.25, -0.2) is 0 Å². The van der Waals surface area contributed by atoms with Gasteiger partial charge in [0, 0.05) is 23.7 Å². The third-order valence-corrected chi connectivity index (χ3v) is 4.30. The van der Waals surface area contributed by atoms with Crippen LogP contribution in [0.4, 0.5) is 0 Å². The van der Waals surface area contributed by atoms with Crippen molar-refractivity contribution in [1.82, 2.24) is 10.2 Å². The SMILES string of the molecule is CCN(C1CCCNC1)C(C)c1ccccc1Cl. The molecule has 0 aliphatic carbocycles. The van der Waals surface area contributed by atoms with Crippen molar-refractivity contribution in [3.05, 3.63) is 34.9 Å². The second-order valence-electron chi connectivity index (χ2n) is 5.03. The number of nitrogens with one attached hydrogen (secondary N) is 1. The van der Waals surface area contributed by atoms with E-state index in [0.29, 0.717) is 12.1 Å². The highest BCUT2D eigenvalue weighted by atomic mass is 35.5. The third-order valence-electron chi connectivity index (χ3n) is 3.96. The highest BCUT2D eigenvalue weighted by molar-refractivity contribution is 6.31. The van der Waals surface area contributed by atoms with E-state index in [4.69, 9.17) is 11.6 Å². The van der Waals surface area contributed by atoms with Gasteiger partial charge >= 0.3 is 0 Å². The highest BCUT2D eigenvalue weighted by Gasteiger charge is 2.25. The van der Waals surface area contributed by atoms with E-state index in [0.717, 1.165) is 24.7 Å². The van der Waals surface area contributed by atoms with E-state index in [2.05, 4.69) is 36.2 Å². The van der Waals surface area contributed by atoms with E-state index < -0.39 is 0 Å². The Balaban J connectivity index is 2.14. The predicted octanol–water partition coefficient (Wildman–Crippen LogP) is 3.47. The highest BCUT2D eigenvalue weighted by Crippen LogP contribution is 2.29. The van der Waals surface area contributed by atoms with Crippen LogP contribution in [0.3, 0.4) is 0 Å². The van der Waals surface area contributed by atoms with E-state index in [9.17, 15) is 0 Å². The molecule has 2 rings (SSSR count).